The predicted molar refractivity (Wildman–Crippen MR) is 96.1 cm³/mol. The largest absolute Gasteiger partial charge is 0.324 e. The summed E-state index contributed by atoms with van der Waals surface area (Å²) >= 11 is 11.9. The number of nitrogens with zero attached hydrogens (tertiary/aromatic N) is 2. The molecule has 1 heterocycles. The molecule has 0 aliphatic heterocycles. The molecule has 2 aromatic carbocycles. The van der Waals surface area contributed by atoms with Crippen LogP contribution in [0.4, 0.5) is 21.7 Å². The molecule has 5 nitrogen and oxygen atoms in total. The average molecular weight is 377 g/mol. The summed E-state index contributed by atoms with van der Waals surface area (Å²) < 4.78 is 12.9. The molecule has 3 aromatic rings. The number of hydrogen-bond donors (Lipinski definition) is 2. The second kappa shape index (κ2) is 7.46. The van der Waals surface area contributed by atoms with E-state index in [4.69, 9.17) is 23.2 Å². The van der Waals surface area contributed by atoms with Gasteiger partial charge in [-0.15, -0.1) is 0 Å². The molecule has 0 saturated heterocycles. The standard InChI is InChI=1S/C17H11Cl2FN4O/c18-10-1-6-13(19)15(9-10)23-16(25)14-7-8-21-17(24-14)22-12-4-2-11(20)3-5-12/h1-9H,(H,23,25)(H,21,22,24). The Morgan fingerprint density at radius 2 is 1.80 bits per heavy atom. The summed E-state index contributed by atoms with van der Waals surface area (Å²) in [5.41, 5.74) is 1.11. The van der Waals surface area contributed by atoms with Gasteiger partial charge >= 0.3 is 0 Å². The molecule has 1 aromatic heterocycles. The van der Waals surface area contributed by atoms with E-state index in [1.165, 1.54) is 36.5 Å². The molecular weight excluding hydrogens is 366 g/mol. The average Bonchev–Trinajstić information content (AvgIpc) is 2.60. The highest BCUT2D eigenvalue weighted by atomic mass is 35.5. The van der Waals surface area contributed by atoms with Crippen molar-refractivity contribution in [2.75, 3.05) is 10.6 Å². The molecule has 0 aliphatic carbocycles. The summed E-state index contributed by atoms with van der Waals surface area (Å²) in [6.45, 7) is 0. The van der Waals surface area contributed by atoms with E-state index in [0.29, 0.717) is 21.4 Å². The summed E-state index contributed by atoms with van der Waals surface area (Å²) in [5.74, 6) is -0.608. The van der Waals surface area contributed by atoms with Gasteiger partial charge in [-0.3, -0.25) is 4.79 Å². The van der Waals surface area contributed by atoms with Gasteiger partial charge in [-0.1, -0.05) is 23.2 Å². The lowest BCUT2D eigenvalue weighted by Crippen LogP contribution is -2.15. The maximum atomic E-state index is 12.9. The van der Waals surface area contributed by atoms with Crippen LogP contribution in [-0.4, -0.2) is 15.9 Å². The molecule has 0 unspecified atom stereocenters. The molecule has 0 spiro atoms. The van der Waals surface area contributed by atoms with Crippen molar-refractivity contribution in [1.82, 2.24) is 9.97 Å². The van der Waals surface area contributed by atoms with Crippen molar-refractivity contribution in [2.24, 2.45) is 0 Å². The predicted octanol–water partition coefficient (Wildman–Crippen LogP) is 4.92. The summed E-state index contributed by atoms with van der Waals surface area (Å²) in [6, 6.07) is 11.9. The van der Waals surface area contributed by atoms with Crippen molar-refractivity contribution < 1.29 is 9.18 Å². The van der Waals surface area contributed by atoms with Crippen LogP contribution < -0.4 is 10.6 Å². The highest BCUT2D eigenvalue weighted by molar-refractivity contribution is 6.35. The van der Waals surface area contributed by atoms with Gasteiger partial charge in [0.05, 0.1) is 10.7 Å². The van der Waals surface area contributed by atoms with Gasteiger partial charge in [-0.25, -0.2) is 14.4 Å². The van der Waals surface area contributed by atoms with E-state index in [0.717, 1.165) is 0 Å². The minimum Gasteiger partial charge on any atom is -0.324 e. The maximum Gasteiger partial charge on any atom is 0.274 e. The smallest absolute Gasteiger partial charge is 0.274 e. The number of aromatic nitrogens is 2. The maximum absolute atomic E-state index is 12.9. The van der Waals surface area contributed by atoms with Crippen LogP contribution >= 0.6 is 23.2 Å². The number of carbonyl (C=O) groups is 1. The quantitative estimate of drug-likeness (QED) is 0.678. The van der Waals surface area contributed by atoms with E-state index in [1.54, 1.807) is 18.2 Å². The number of carbonyl (C=O) groups excluding carboxylic acids is 1. The van der Waals surface area contributed by atoms with Crippen LogP contribution in [0.25, 0.3) is 0 Å². The lowest BCUT2D eigenvalue weighted by Gasteiger charge is -2.09. The second-order valence-electron chi connectivity index (χ2n) is 4.98. The molecule has 25 heavy (non-hydrogen) atoms. The number of benzene rings is 2. The van der Waals surface area contributed by atoms with Gasteiger partial charge in [0.1, 0.15) is 11.5 Å². The van der Waals surface area contributed by atoms with Crippen molar-refractivity contribution in [3.8, 4) is 0 Å². The Bertz CT molecular complexity index is 919. The van der Waals surface area contributed by atoms with Crippen LogP contribution in [0.5, 0.6) is 0 Å². The lowest BCUT2D eigenvalue weighted by molar-refractivity contribution is 0.102. The van der Waals surface area contributed by atoms with E-state index in [1.807, 2.05) is 0 Å². The van der Waals surface area contributed by atoms with Crippen LogP contribution in [0, 0.1) is 5.82 Å². The molecule has 3 rings (SSSR count). The Morgan fingerprint density at radius 3 is 2.56 bits per heavy atom. The van der Waals surface area contributed by atoms with Crippen LogP contribution in [0.3, 0.4) is 0 Å². The van der Waals surface area contributed by atoms with Gasteiger partial charge in [0, 0.05) is 16.9 Å². The zero-order valence-electron chi connectivity index (χ0n) is 12.6. The highest BCUT2D eigenvalue weighted by Gasteiger charge is 2.12. The van der Waals surface area contributed by atoms with Crippen molar-refractivity contribution in [2.45, 2.75) is 0 Å². The van der Waals surface area contributed by atoms with Crippen LogP contribution in [0.15, 0.2) is 54.7 Å². The summed E-state index contributed by atoms with van der Waals surface area (Å²) in [4.78, 5) is 20.5. The van der Waals surface area contributed by atoms with Gasteiger partial charge in [-0.05, 0) is 48.5 Å². The molecule has 0 radical (unpaired) electrons. The zero-order valence-corrected chi connectivity index (χ0v) is 14.1. The Labute approximate surface area is 152 Å². The van der Waals surface area contributed by atoms with Crippen LogP contribution in [-0.2, 0) is 0 Å². The molecule has 0 bridgehead atoms. The van der Waals surface area contributed by atoms with E-state index in [-0.39, 0.29) is 17.5 Å². The van der Waals surface area contributed by atoms with Crippen LogP contribution in [0.2, 0.25) is 10.0 Å². The Kier molecular flexibility index (Phi) is 5.11. The van der Waals surface area contributed by atoms with Crippen LogP contribution in [0.1, 0.15) is 10.5 Å². The monoisotopic (exact) mass is 376 g/mol. The zero-order chi connectivity index (χ0) is 17.8. The number of hydrogen-bond acceptors (Lipinski definition) is 4. The fourth-order valence-electron chi connectivity index (χ4n) is 1.99. The first-order valence-electron chi connectivity index (χ1n) is 7.13. The van der Waals surface area contributed by atoms with Gasteiger partial charge in [-0.2, -0.15) is 0 Å². The highest BCUT2D eigenvalue weighted by Crippen LogP contribution is 2.25. The Balaban J connectivity index is 1.77. The summed E-state index contributed by atoms with van der Waals surface area (Å²) in [7, 11) is 0. The fraction of sp³-hybridized carbons (Fsp3) is 0. The van der Waals surface area contributed by atoms with E-state index >= 15 is 0 Å². The second-order valence-corrected chi connectivity index (χ2v) is 5.82. The first kappa shape index (κ1) is 17.1. The van der Waals surface area contributed by atoms with E-state index in [9.17, 15) is 9.18 Å². The van der Waals surface area contributed by atoms with Crippen molar-refractivity contribution in [3.05, 3.63) is 76.3 Å². The molecule has 0 aliphatic rings. The van der Waals surface area contributed by atoms with Gasteiger partial charge in [0.15, 0.2) is 0 Å². The van der Waals surface area contributed by atoms with E-state index in [2.05, 4.69) is 20.6 Å². The number of rotatable bonds is 4. The SMILES string of the molecule is O=C(Nc1cc(Cl)ccc1Cl)c1ccnc(Nc2ccc(F)cc2)n1. The molecule has 0 saturated carbocycles. The fourth-order valence-corrected chi connectivity index (χ4v) is 2.32. The molecule has 0 atom stereocenters. The minimum atomic E-state index is -0.464. The molecule has 1 amide bonds. The van der Waals surface area contributed by atoms with Crippen molar-refractivity contribution in [3.63, 3.8) is 0 Å². The number of amides is 1. The van der Waals surface area contributed by atoms with Crippen molar-refractivity contribution in [1.29, 1.82) is 0 Å². The van der Waals surface area contributed by atoms with Gasteiger partial charge in [0.25, 0.3) is 5.91 Å². The molecule has 126 valence electrons. The first-order valence-corrected chi connectivity index (χ1v) is 7.89. The van der Waals surface area contributed by atoms with Gasteiger partial charge in [0.2, 0.25) is 5.95 Å². The number of anilines is 3. The molecule has 8 heteroatoms. The normalized spacial score (nSPS) is 10.4. The molecule has 2 N–H and O–H groups in total. The first-order chi connectivity index (χ1) is 12.0. The van der Waals surface area contributed by atoms with E-state index < -0.39 is 5.91 Å². The summed E-state index contributed by atoms with van der Waals surface area (Å²) in [5, 5.41) is 6.34. The third-order valence-corrected chi connectivity index (χ3v) is 3.73. The third-order valence-electron chi connectivity index (χ3n) is 3.17. The lowest BCUT2D eigenvalue weighted by atomic mass is 10.3. The number of halogens is 3. The Hall–Kier alpha value is -2.70. The molecule has 0 fully saturated rings. The van der Waals surface area contributed by atoms with Gasteiger partial charge < -0.3 is 10.6 Å². The Morgan fingerprint density at radius 1 is 1.04 bits per heavy atom. The number of nitrogens with one attached hydrogen (secondary N) is 2. The summed E-state index contributed by atoms with van der Waals surface area (Å²) in [6.07, 6.45) is 1.44. The molecular formula is C17H11Cl2FN4O. The topological polar surface area (TPSA) is 66.9 Å². The third kappa shape index (κ3) is 4.43. The minimum absolute atomic E-state index is 0.135. The van der Waals surface area contributed by atoms with Crippen molar-refractivity contribution >= 4 is 46.4 Å².